The van der Waals surface area contributed by atoms with E-state index in [1.165, 1.54) is 0 Å². The van der Waals surface area contributed by atoms with Crippen LogP contribution in [0.1, 0.15) is 19.7 Å². The number of aryl methyl sites for hydroxylation is 1. The third kappa shape index (κ3) is 6.71. The minimum atomic E-state index is -0.249. The van der Waals surface area contributed by atoms with Gasteiger partial charge in [0.25, 0.3) is 12.3 Å². The monoisotopic (exact) mass is 377 g/mol. The molecule has 10 heteroatoms. The Morgan fingerprint density at radius 3 is 2.96 bits per heavy atom. The zero-order valence-corrected chi connectivity index (χ0v) is 16.0. The smallest absolute Gasteiger partial charge is 0.293 e. The lowest BCUT2D eigenvalue weighted by atomic mass is 10.2. The molecular formula is C14H25N4O4S2+. The second-order valence-electron chi connectivity index (χ2n) is 5.37. The number of imidazole rings is 1. The Bertz CT molecular complexity index is 537. The highest BCUT2D eigenvalue weighted by Crippen LogP contribution is 2.36. The molecule has 24 heavy (non-hydrogen) atoms. The highest BCUT2D eigenvalue weighted by molar-refractivity contribution is 8.77. The van der Waals surface area contributed by atoms with Crippen LogP contribution in [-0.2, 0) is 25.7 Å². The molecule has 8 nitrogen and oxygen atoms in total. The van der Waals surface area contributed by atoms with E-state index in [2.05, 4.69) is 15.0 Å². The number of nitrogens with two attached hydrogens (primary N) is 1. The molecule has 1 amide bonds. The SMILES string of the molecule is CC1(C)SSCCNC1=O.CO[NH2+]c1cnc(C)n1CCOC=O. The van der Waals surface area contributed by atoms with Gasteiger partial charge in [-0.3, -0.25) is 14.2 Å². The van der Waals surface area contributed by atoms with Gasteiger partial charge in [-0.15, -0.1) is 0 Å². The first-order chi connectivity index (χ1) is 11.4. The third-order valence-corrected chi connectivity index (χ3v) is 6.30. The molecule has 0 spiro atoms. The van der Waals surface area contributed by atoms with Gasteiger partial charge in [0.15, 0.2) is 0 Å². The van der Waals surface area contributed by atoms with Crippen LogP contribution in [0.15, 0.2) is 6.20 Å². The number of nitrogens with zero attached hydrogens (tertiary/aromatic N) is 2. The van der Waals surface area contributed by atoms with E-state index in [9.17, 15) is 9.59 Å². The Morgan fingerprint density at radius 1 is 1.54 bits per heavy atom. The summed E-state index contributed by atoms with van der Waals surface area (Å²) in [5.41, 5.74) is 1.60. The fraction of sp³-hybridized carbons (Fsp3) is 0.643. The fourth-order valence-electron chi connectivity index (χ4n) is 1.83. The van der Waals surface area contributed by atoms with Crippen molar-refractivity contribution in [2.45, 2.75) is 32.1 Å². The molecule has 1 aromatic rings. The molecule has 0 saturated carbocycles. The van der Waals surface area contributed by atoms with Crippen LogP contribution in [0, 0.1) is 6.92 Å². The number of quaternary nitrogens is 1. The standard InChI is InChI=1S/C8H13N3O3.C6H11NOS2/c1-7-9-5-8(10-13-2)11(7)3-4-14-6-12;1-6(2)5(8)7-3-4-9-10-6/h5-6,10H,3-4H2,1-2H3;3-4H2,1-2H3,(H,7,8)/p+1. The first-order valence-electron chi connectivity index (χ1n) is 7.44. The molecule has 1 saturated heterocycles. The van der Waals surface area contributed by atoms with Crippen molar-refractivity contribution in [2.75, 3.05) is 26.0 Å². The molecule has 136 valence electrons. The Labute approximate surface area is 149 Å². The van der Waals surface area contributed by atoms with E-state index in [0.717, 1.165) is 23.9 Å². The number of aromatic nitrogens is 2. The summed E-state index contributed by atoms with van der Waals surface area (Å²) >= 11 is 0. The molecule has 0 atom stereocenters. The van der Waals surface area contributed by atoms with Crippen LogP contribution in [0.4, 0.5) is 5.82 Å². The molecular weight excluding hydrogens is 352 g/mol. The fourth-order valence-corrected chi connectivity index (χ4v) is 4.15. The molecule has 0 bridgehead atoms. The van der Waals surface area contributed by atoms with Gasteiger partial charge in [0.05, 0.1) is 18.4 Å². The van der Waals surface area contributed by atoms with Crippen LogP contribution in [0.2, 0.25) is 0 Å². The third-order valence-electron chi connectivity index (χ3n) is 3.11. The van der Waals surface area contributed by atoms with Crippen LogP contribution in [0.5, 0.6) is 0 Å². The predicted molar refractivity (Wildman–Crippen MR) is 94.7 cm³/mol. The summed E-state index contributed by atoms with van der Waals surface area (Å²) in [6.07, 6.45) is 1.71. The number of carbonyl (C=O) groups excluding carboxylic acids is 2. The summed E-state index contributed by atoms with van der Waals surface area (Å²) < 4.78 is 6.27. The quantitative estimate of drug-likeness (QED) is 0.320. The van der Waals surface area contributed by atoms with Crippen molar-refractivity contribution >= 4 is 39.8 Å². The molecule has 1 fully saturated rings. The number of hydrogen-bond donors (Lipinski definition) is 2. The average Bonchev–Trinajstić information content (AvgIpc) is 2.80. The summed E-state index contributed by atoms with van der Waals surface area (Å²) in [6.45, 7) is 7.95. The van der Waals surface area contributed by atoms with Crippen molar-refractivity contribution in [1.29, 1.82) is 0 Å². The molecule has 2 heterocycles. The number of nitrogens with one attached hydrogen (secondary N) is 1. The molecule has 0 aromatic carbocycles. The van der Waals surface area contributed by atoms with Crippen molar-refractivity contribution in [2.24, 2.45) is 0 Å². The zero-order chi connectivity index (χ0) is 18.0. The summed E-state index contributed by atoms with van der Waals surface area (Å²) in [4.78, 5) is 30.2. The second-order valence-corrected chi connectivity index (χ2v) is 8.41. The van der Waals surface area contributed by atoms with Crippen LogP contribution in [0.25, 0.3) is 0 Å². The van der Waals surface area contributed by atoms with Gasteiger partial charge in [0, 0.05) is 12.3 Å². The van der Waals surface area contributed by atoms with Gasteiger partial charge < -0.3 is 10.1 Å². The van der Waals surface area contributed by atoms with Crippen molar-refractivity contribution in [3.63, 3.8) is 0 Å². The van der Waals surface area contributed by atoms with Crippen molar-refractivity contribution < 1.29 is 24.6 Å². The number of carbonyl (C=O) groups is 2. The number of rotatable bonds is 6. The minimum absolute atomic E-state index is 0.155. The van der Waals surface area contributed by atoms with Crippen LogP contribution < -0.4 is 10.8 Å². The normalized spacial score (nSPS) is 16.4. The molecule has 0 aliphatic carbocycles. The Balaban J connectivity index is 0.000000254. The summed E-state index contributed by atoms with van der Waals surface area (Å²) in [6, 6.07) is 0. The van der Waals surface area contributed by atoms with E-state index in [1.807, 2.05) is 25.3 Å². The van der Waals surface area contributed by atoms with E-state index in [1.54, 1.807) is 40.4 Å². The first kappa shape index (κ1) is 20.8. The Kier molecular flexibility index (Phi) is 9.19. The zero-order valence-electron chi connectivity index (χ0n) is 14.4. The van der Waals surface area contributed by atoms with E-state index in [0.29, 0.717) is 19.6 Å². The van der Waals surface area contributed by atoms with E-state index < -0.39 is 0 Å². The molecule has 1 aromatic heterocycles. The van der Waals surface area contributed by atoms with Gasteiger partial charge in [0.2, 0.25) is 5.91 Å². The highest BCUT2D eigenvalue weighted by atomic mass is 33.1. The van der Waals surface area contributed by atoms with Crippen LogP contribution >= 0.6 is 21.6 Å². The molecule has 3 N–H and O–H groups in total. The maximum absolute atomic E-state index is 11.2. The lowest BCUT2D eigenvalue weighted by Crippen LogP contribution is -2.77. The van der Waals surface area contributed by atoms with Gasteiger partial charge in [-0.2, -0.15) is 5.48 Å². The number of ether oxygens (including phenoxy) is 1. The largest absolute Gasteiger partial charge is 0.466 e. The van der Waals surface area contributed by atoms with E-state index in [-0.39, 0.29) is 10.7 Å². The van der Waals surface area contributed by atoms with Crippen LogP contribution in [0.3, 0.4) is 0 Å². The lowest BCUT2D eigenvalue weighted by molar-refractivity contribution is -0.833. The van der Waals surface area contributed by atoms with Crippen molar-refractivity contribution in [3.8, 4) is 0 Å². The summed E-state index contributed by atoms with van der Waals surface area (Å²) in [5.74, 6) is 2.89. The number of hydrogen-bond acceptors (Lipinski definition) is 7. The Hall–Kier alpha value is -1.23. The van der Waals surface area contributed by atoms with E-state index >= 15 is 0 Å². The number of amides is 1. The topological polar surface area (TPSA) is 99.1 Å². The molecule has 1 aliphatic rings. The minimum Gasteiger partial charge on any atom is -0.466 e. The first-order valence-corrected chi connectivity index (χ1v) is 9.76. The lowest BCUT2D eigenvalue weighted by Gasteiger charge is -2.17. The molecule has 0 radical (unpaired) electrons. The van der Waals surface area contributed by atoms with E-state index in [4.69, 9.17) is 4.84 Å². The predicted octanol–water partition coefficient (Wildman–Crippen LogP) is 0.397. The van der Waals surface area contributed by atoms with Crippen LogP contribution in [-0.4, -0.2) is 52.7 Å². The molecule has 1 aliphatic heterocycles. The summed E-state index contributed by atoms with van der Waals surface area (Å²) in [7, 11) is 4.99. The Morgan fingerprint density at radius 2 is 2.29 bits per heavy atom. The summed E-state index contributed by atoms with van der Waals surface area (Å²) in [5, 5.41) is 2.85. The highest BCUT2D eigenvalue weighted by Gasteiger charge is 2.30. The van der Waals surface area contributed by atoms with Gasteiger partial charge in [-0.05, 0) is 20.8 Å². The molecule has 0 unspecified atom stereocenters. The average molecular weight is 378 g/mol. The van der Waals surface area contributed by atoms with Gasteiger partial charge in [-0.1, -0.05) is 21.6 Å². The molecule has 2 rings (SSSR count). The van der Waals surface area contributed by atoms with Gasteiger partial charge in [-0.25, -0.2) is 9.82 Å². The maximum Gasteiger partial charge on any atom is 0.293 e. The maximum atomic E-state index is 11.2. The second kappa shape index (κ2) is 10.6. The van der Waals surface area contributed by atoms with Crippen molar-refractivity contribution in [1.82, 2.24) is 14.9 Å². The van der Waals surface area contributed by atoms with Crippen molar-refractivity contribution in [3.05, 3.63) is 12.0 Å². The van der Waals surface area contributed by atoms with Gasteiger partial charge >= 0.3 is 0 Å². The van der Waals surface area contributed by atoms with Gasteiger partial charge in [0.1, 0.15) is 18.6 Å².